The number of fused-ring (bicyclic) bond motifs is 1. The van der Waals surface area contributed by atoms with Crippen molar-refractivity contribution in [3.63, 3.8) is 0 Å². The average molecular weight is 364 g/mol. The quantitative estimate of drug-likeness (QED) is 0.349. The summed E-state index contributed by atoms with van der Waals surface area (Å²) in [4.78, 5) is 23.7. The Labute approximate surface area is 128 Å². The Balaban J connectivity index is 2.69. The standard InChI is InChI=1S/C8HCl4NO5S/c9-3-1-2(4(10)6(12)5(3)11)8(15)13(7(1)14)18-19(16)17/h(H,16,17)/p-1. The minimum Gasteiger partial charge on any atom is -0.748 e. The van der Waals surface area contributed by atoms with Crippen LogP contribution >= 0.6 is 46.4 Å². The fraction of sp³-hybridized carbons (Fsp3) is 0. The molecule has 0 saturated carbocycles. The van der Waals surface area contributed by atoms with E-state index in [0.717, 1.165) is 0 Å². The van der Waals surface area contributed by atoms with Crippen LogP contribution in [0.5, 0.6) is 0 Å². The highest BCUT2D eigenvalue weighted by molar-refractivity contribution is 7.74. The number of hydrogen-bond donors (Lipinski definition) is 0. The minimum atomic E-state index is -3.13. The molecule has 1 aromatic carbocycles. The molecule has 6 nitrogen and oxygen atoms in total. The van der Waals surface area contributed by atoms with E-state index in [2.05, 4.69) is 4.28 Å². The number of carbonyl (C=O) groups is 2. The molecule has 0 radical (unpaired) electrons. The van der Waals surface area contributed by atoms with E-state index in [4.69, 9.17) is 46.4 Å². The van der Waals surface area contributed by atoms with Crippen LogP contribution in [0.4, 0.5) is 0 Å². The zero-order valence-electron chi connectivity index (χ0n) is 8.41. The summed E-state index contributed by atoms with van der Waals surface area (Å²) in [5.41, 5.74) is -0.729. The molecule has 0 fully saturated rings. The summed E-state index contributed by atoms with van der Waals surface area (Å²) < 4.78 is 24.9. The highest BCUT2D eigenvalue weighted by Gasteiger charge is 2.43. The summed E-state index contributed by atoms with van der Waals surface area (Å²) in [6.07, 6.45) is 0. The number of nitrogens with zero attached hydrogens (tertiary/aromatic N) is 1. The van der Waals surface area contributed by atoms with Crippen molar-refractivity contribution in [1.82, 2.24) is 5.06 Å². The Kier molecular flexibility index (Phi) is 4.08. The van der Waals surface area contributed by atoms with Crippen LogP contribution in [0, 0.1) is 0 Å². The van der Waals surface area contributed by atoms with Gasteiger partial charge in [-0.15, -0.1) is 5.06 Å². The van der Waals surface area contributed by atoms with Gasteiger partial charge in [0.15, 0.2) is 0 Å². The van der Waals surface area contributed by atoms with Gasteiger partial charge in [0, 0.05) is 0 Å². The average Bonchev–Trinajstić information content (AvgIpc) is 2.58. The molecule has 1 heterocycles. The van der Waals surface area contributed by atoms with Crippen molar-refractivity contribution in [2.24, 2.45) is 0 Å². The van der Waals surface area contributed by atoms with E-state index in [-0.39, 0.29) is 36.3 Å². The summed E-state index contributed by atoms with van der Waals surface area (Å²) in [6.45, 7) is 0. The second-order valence-electron chi connectivity index (χ2n) is 3.19. The van der Waals surface area contributed by atoms with Gasteiger partial charge in [0.05, 0.1) is 31.2 Å². The van der Waals surface area contributed by atoms with Gasteiger partial charge in [-0.05, 0) is 0 Å². The smallest absolute Gasteiger partial charge is 0.288 e. The van der Waals surface area contributed by atoms with E-state index in [1.807, 2.05) is 0 Å². The molecule has 2 rings (SSSR count). The van der Waals surface area contributed by atoms with Crippen molar-refractivity contribution in [3.8, 4) is 0 Å². The summed E-state index contributed by atoms with van der Waals surface area (Å²) in [7, 11) is 0. The maximum Gasteiger partial charge on any atom is 0.288 e. The molecule has 19 heavy (non-hydrogen) atoms. The number of imide groups is 1. The maximum absolute atomic E-state index is 11.8. The van der Waals surface area contributed by atoms with Crippen molar-refractivity contribution in [1.29, 1.82) is 0 Å². The van der Waals surface area contributed by atoms with Crippen molar-refractivity contribution in [2.75, 3.05) is 0 Å². The molecule has 102 valence electrons. The van der Waals surface area contributed by atoms with Crippen LogP contribution in [-0.2, 0) is 15.6 Å². The maximum atomic E-state index is 11.8. The lowest BCUT2D eigenvalue weighted by Crippen LogP contribution is -2.30. The molecule has 0 N–H and O–H groups in total. The van der Waals surface area contributed by atoms with E-state index < -0.39 is 23.2 Å². The summed E-state index contributed by atoms with van der Waals surface area (Å²) in [5.74, 6) is -2.20. The molecule has 0 saturated heterocycles. The third-order valence-corrected chi connectivity index (χ3v) is 4.27. The largest absolute Gasteiger partial charge is 0.748 e. The molecule has 1 aromatic rings. The summed E-state index contributed by atoms with van der Waals surface area (Å²) in [5, 5.41) is -1.07. The Morgan fingerprint density at radius 2 is 1.26 bits per heavy atom. The Bertz CT molecular complexity index is 602. The van der Waals surface area contributed by atoms with Gasteiger partial charge in [0.25, 0.3) is 11.8 Å². The van der Waals surface area contributed by atoms with E-state index in [0.29, 0.717) is 0 Å². The van der Waals surface area contributed by atoms with Crippen molar-refractivity contribution >= 4 is 69.6 Å². The lowest BCUT2D eigenvalue weighted by atomic mass is 10.1. The summed E-state index contributed by atoms with van der Waals surface area (Å²) in [6, 6.07) is 0. The molecule has 1 aliphatic rings. The predicted octanol–water partition coefficient (Wildman–Crippen LogP) is 2.62. The first-order valence-electron chi connectivity index (χ1n) is 4.29. The normalized spacial score (nSPS) is 15.9. The van der Waals surface area contributed by atoms with Crippen molar-refractivity contribution in [2.45, 2.75) is 0 Å². The number of carbonyl (C=O) groups excluding carboxylic acids is 2. The van der Waals surface area contributed by atoms with Gasteiger partial charge in [-0.1, -0.05) is 46.4 Å². The molecule has 0 spiro atoms. The lowest BCUT2D eigenvalue weighted by molar-refractivity contribution is -0.0117. The van der Waals surface area contributed by atoms with E-state index in [9.17, 15) is 18.4 Å². The number of rotatable bonds is 2. The monoisotopic (exact) mass is 362 g/mol. The van der Waals surface area contributed by atoms with Gasteiger partial charge < -0.3 is 4.55 Å². The second-order valence-corrected chi connectivity index (χ2v) is 5.26. The van der Waals surface area contributed by atoms with Crippen molar-refractivity contribution < 1.29 is 22.6 Å². The zero-order valence-corrected chi connectivity index (χ0v) is 12.2. The van der Waals surface area contributed by atoms with Gasteiger partial charge in [-0.3, -0.25) is 9.59 Å². The number of amides is 2. The van der Waals surface area contributed by atoms with Crippen LogP contribution in [-0.4, -0.2) is 25.6 Å². The topological polar surface area (TPSA) is 86.7 Å². The molecule has 0 aromatic heterocycles. The van der Waals surface area contributed by atoms with E-state index in [1.165, 1.54) is 0 Å². The second kappa shape index (κ2) is 5.17. The first-order chi connectivity index (χ1) is 8.77. The van der Waals surface area contributed by atoms with Crippen LogP contribution < -0.4 is 0 Å². The predicted molar refractivity (Wildman–Crippen MR) is 67.0 cm³/mol. The third kappa shape index (κ3) is 2.25. The molecular formula is C8Cl4NO5S-. The molecule has 2 amide bonds. The molecule has 1 unspecified atom stereocenters. The van der Waals surface area contributed by atoms with Gasteiger partial charge >= 0.3 is 0 Å². The van der Waals surface area contributed by atoms with Crippen LogP contribution in [0.2, 0.25) is 20.1 Å². The molecular weight excluding hydrogens is 364 g/mol. The first kappa shape index (κ1) is 15.0. The number of hydroxylamine groups is 2. The van der Waals surface area contributed by atoms with Gasteiger partial charge in [-0.2, -0.15) is 4.28 Å². The fourth-order valence-electron chi connectivity index (χ4n) is 1.46. The number of halogens is 4. The molecule has 0 aliphatic carbocycles. The minimum absolute atomic E-state index is 0.00179. The van der Waals surface area contributed by atoms with Gasteiger partial charge in [0.2, 0.25) is 0 Å². The molecule has 0 bridgehead atoms. The third-order valence-electron chi connectivity index (χ3n) is 2.20. The molecule has 1 atom stereocenters. The zero-order chi connectivity index (χ0) is 14.5. The van der Waals surface area contributed by atoms with E-state index >= 15 is 0 Å². The Morgan fingerprint density at radius 1 is 0.895 bits per heavy atom. The highest BCUT2D eigenvalue weighted by atomic mass is 35.5. The lowest BCUT2D eigenvalue weighted by Gasteiger charge is -2.13. The van der Waals surface area contributed by atoms with Crippen LogP contribution in [0.3, 0.4) is 0 Å². The van der Waals surface area contributed by atoms with Gasteiger partial charge in [-0.25, -0.2) is 4.21 Å². The van der Waals surface area contributed by atoms with Crippen LogP contribution in [0.25, 0.3) is 0 Å². The number of benzene rings is 1. The summed E-state index contributed by atoms with van der Waals surface area (Å²) >= 11 is 19.9. The van der Waals surface area contributed by atoms with Gasteiger partial charge in [0.1, 0.15) is 11.4 Å². The fourth-order valence-corrected chi connectivity index (χ4v) is 2.73. The molecule has 1 aliphatic heterocycles. The number of hydrogen-bond acceptors (Lipinski definition) is 5. The Hall–Kier alpha value is -0.410. The first-order valence-corrected chi connectivity index (χ1v) is 6.81. The van der Waals surface area contributed by atoms with E-state index in [1.54, 1.807) is 0 Å². The van der Waals surface area contributed by atoms with Crippen molar-refractivity contribution in [3.05, 3.63) is 31.2 Å². The van der Waals surface area contributed by atoms with Crippen LogP contribution in [0.15, 0.2) is 0 Å². The SMILES string of the molecule is O=C1c2c(Cl)c(Cl)c(Cl)c(Cl)c2C(=O)N1OS(=O)[O-]. The Morgan fingerprint density at radius 3 is 1.58 bits per heavy atom. The molecule has 11 heteroatoms. The highest BCUT2D eigenvalue weighted by Crippen LogP contribution is 2.44. The van der Waals surface area contributed by atoms with Crippen LogP contribution in [0.1, 0.15) is 20.7 Å².